The minimum absolute atomic E-state index is 0.0680. The zero-order valence-electron chi connectivity index (χ0n) is 12.3. The summed E-state index contributed by atoms with van der Waals surface area (Å²) in [5.74, 6) is 1.68. The molecule has 1 rings (SSSR count). The Morgan fingerprint density at radius 2 is 2.00 bits per heavy atom. The fourth-order valence-electron chi connectivity index (χ4n) is 1.56. The Morgan fingerprint density at radius 3 is 2.56 bits per heavy atom. The predicted octanol–water partition coefficient (Wildman–Crippen LogP) is 4.57. The van der Waals surface area contributed by atoms with E-state index < -0.39 is 0 Å². The molecule has 0 amide bonds. The lowest BCUT2D eigenvalue weighted by Gasteiger charge is -2.18. The van der Waals surface area contributed by atoms with Crippen LogP contribution in [0.3, 0.4) is 0 Å². The maximum Gasteiger partial charge on any atom is 0.128 e. The van der Waals surface area contributed by atoms with Gasteiger partial charge < -0.3 is 4.90 Å². The number of hydrogen-bond donors (Lipinski definition) is 1. The van der Waals surface area contributed by atoms with E-state index in [0.717, 1.165) is 6.42 Å². The Hall–Kier alpha value is -1.31. The van der Waals surface area contributed by atoms with Gasteiger partial charge in [0, 0.05) is 17.8 Å². The van der Waals surface area contributed by atoms with Crippen LogP contribution in [0.25, 0.3) is 0 Å². The highest BCUT2D eigenvalue weighted by Crippen LogP contribution is 2.27. The number of rotatable bonds is 4. The molecular weight excluding hydrogens is 220 g/mol. The van der Waals surface area contributed by atoms with Gasteiger partial charge in [0.1, 0.15) is 5.84 Å². The maximum atomic E-state index is 8.03. The van der Waals surface area contributed by atoms with E-state index in [9.17, 15) is 0 Å². The van der Waals surface area contributed by atoms with Crippen molar-refractivity contribution in [3.8, 4) is 0 Å². The van der Waals surface area contributed by atoms with Gasteiger partial charge >= 0.3 is 0 Å². The Kier molecular flexibility index (Phi) is 4.94. The van der Waals surface area contributed by atoms with Crippen LogP contribution in [0.5, 0.6) is 0 Å². The Bertz CT molecular complexity index is 377. The molecule has 0 saturated carbocycles. The SMILES string of the molecule is CCC1(C)C=CC(=N)N(/C=C\C(C)C(C)C)C=C1. The molecule has 18 heavy (non-hydrogen) atoms. The second kappa shape index (κ2) is 6.03. The molecule has 0 fully saturated rings. The second-order valence-corrected chi connectivity index (χ2v) is 5.75. The van der Waals surface area contributed by atoms with Crippen molar-refractivity contribution >= 4 is 5.84 Å². The molecule has 1 aliphatic rings. The third-order valence-corrected chi connectivity index (χ3v) is 3.88. The van der Waals surface area contributed by atoms with Crippen LogP contribution in [0.15, 0.2) is 36.7 Å². The predicted molar refractivity (Wildman–Crippen MR) is 79.4 cm³/mol. The first-order valence-electron chi connectivity index (χ1n) is 6.82. The van der Waals surface area contributed by atoms with E-state index in [1.54, 1.807) is 0 Å². The van der Waals surface area contributed by atoms with E-state index in [2.05, 4.69) is 52.8 Å². The van der Waals surface area contributed by atoms with Crippen LogP contribution in [-0.2, 0) is 0 Å². The fourth-order valence-corrected chi connectivity index (χ4v) is 1.56. The molecule has 0 aromatic carbocycles. The number of hydrogen-bond acceptors (Lipinski definition) is 1. The van der Waals surface area contributed by atoms with Gasteiger partial charge in [-0.3, -0.25) is 5.41 Å². The summed E-state index contributed by atoms with van der Waals surface area (Å²) in [4.78, 5) is 1.89. The van der Waals surface area contributed by atoms with Crippen molar-refractivity contribution in [1.29, 1.82) is 5.41 Å². The average molecular weight is 246 g/mol. The topological polar surface area (TPSA) is 27.1 Å². The second-order valence-electron chi connectivity index (χ2n) is 5.75. The lowest BCUT2D eigenvalue weighted by molar-refractivity contribution is 0.498. The molecule has 0 aromatic rings. The third kappa shape index (κ3) is 3.86. The van der Waals surface area contributed by atoms with Gasteiger partial charge in [-0.05, 0) is 24.3 Å². The molecule has 2 heteroatoms. The summed E-state index contributed by atoms with van der Waals surface area (Å²) >= 11 is 0. The molecule has 100 valence electrons. The number of allylic oxidation sites excluding steroid dienone is 3. The van der Waals surface area contributed by atoms with Gasteiger partial charge in [0.05, 0.1) is 0 Å². The van der Waals surface area contributed by atoms with Gasteiger partial charge in [0.15, 0.2) is 0 Å². The normalized spacial score (nSPS) is 26.1. The summed E-state index contributed by atoms with van der Waals surface area (Å²) in [6, 6.07) is 0. The minimum atomic E-state index is 0.0680. The van der Waals surface area contributed by atoms with Gasteiger partial charge in [0.2, 0.25) is 0 Å². The van der Waals surface area contributed by atoms with E-state index in [1.165, 1.54) is 0 Å². The van der Waals surface area contributed by atoms with Crippen LogP contribution in [-0.4, -0.2) is 10.7 Å². The molecule has 0 aromatic heterocycles. The van der Waals surface area contributed by atoms with Gasteiger partial charge in [-0.25, -0.2) is 0 Å². The van der Waals surface area contributed by atoms with Gasteiger partial charge in [-0.15, -0.1) is 0 Å². The summed E-state index contributed by atoms with van der Waals surface area (Å²) in [5.41, 5.74) is 0.0680. The molecule has 0 saturated heterocycles. The molecule has 1 heterocycles. The summed E-state index contributed by atoms with van der Waals surface area (Å²) in [6.07, 6.45) is 13.4. The highest BCUT2D eigenvalue weighted by molar-refractivity contribution is 5.92. The van der Waals surface area contributed by atoms with Crippen LogP contribution in [0.2, 0.25) is 0 Å². The number of nitrogens with one attached hydrogen (secondary N) is 1. The lowest BCUT2D eigenvalue weighted by Crippen LogP contribution is -2.16. The monoisotopic (exact) mass is 246 g/mol. The molecule has 1 aliphatic heterocycles. The summed E-state index contributed by atoms with van der Waals surface area (Å²) < 4.78 is 0. The van der Waals surface area contributed by atoms with Crippen molar-refractivity contribution in [3.63, 3.8) is 0 Å². The summed E-state index contributed by atoms with van der Waals surface area (Å²) in [7, 11) is 0. The molecule has 0 radical (unpaired) electrons. The van der Waals surface area contributed by atoms with Crippen molar-refractivity contribution < 1.29 is 0 Å². The molecule has 0 spiro atoms. The highest BCUT2D eigenvalue weighted by atomic mass is 15.1. The third-order valence-electron chi connectivity index (χ3n) is 3.88. The van der Waals surface area contributed by atoms with Crippen LogP contribution in [0.4, 0.5) is 0 Å². The van der Waals surface area contributed by atoms with Crippen LogP contribution in [0, 0.1) is 22.7 Å². The van der Waals surface area contributed by atoms with Crippen LogP contribution < -0.4 is 0 Å². The van der Waals surface area contributed by atoms with E-state index >= 15 is 0 Å². The van der Waals surface area contributed by atoms with Crippen molar-refractivity contribution in [2.75, 3.05) is 0 Å². The highest BCUT2D eigenvalue weighted by Gasteiger charge is 2.18. The molecule has 1 N–H and O–H groups in total. The Morgan fingerprint density at radius 1 is 1.33 bits per heavy atom. The molecular formula is C16H26N2. The van der Waals surface area contributed by atoms with Crippen LogP contribution >= 0.6 is 0 Å². The number of nitrogens with zero attached hydrogens (tertiary/aromatic N) is 1. The largest absolute Gasteiger partial charge is 0.310 e. The Labute approximate surface area is 112 Å². The summed E-state index contributed by atoms with van der Waals surface area (Å²) in [5, 5.41) is 8.03. The molecule has 2 unspecified atom stereocenters. The molecule has 2 nitrogen and oxygen atoms in total. The zero-order valence-corrected chi connectivity index (χ0v) is 12.3. The fraction of sp³-hybridized carbons (Fsp3) is 0.562. The average Bonchev–Trinajstić information content (AvgIpc) is 2.48. The van der Waals surface area contributed by atoms with Crippen molar-refractivity contribution in [2.24, 2.45) is 17.3 Å². The minimum Gasteiger partial charge on any atom is -0.310 e. The molecule has 2 atom stereocenters. The first-order chi connectivity index (χ1) is 8.38. The molecule has 0 aliphatic carbocycles. The van der Waals surface area contributed by atoms with Crippen molar-refractivity contribution in [3.05, 3.63) is 36.7 Å². The standard InChI is InChI=1S/C16H26N2/c1-6-16(5)9-7-15(17)18(12-10-16)11-8-14(4)13(2)3/h7-14,17H,6H2,1-5H3/b11-8-,17-15?. The van der Waals surface area contributed by atoms with Crippen molar-refractivity contribution in [2.45, 2.75) is 41.0 Å². The van der Waals surface area contributed by atoms with Gasteiger partial charge in [-0.2, -0.15) is 0 Å². The smallest absolute Gasteiger partial charge is 0.128 e. The Balaban J connectivity index is 2.82. The maximum absolute atomic E-state index is 8.03. The quantitative estimate of drug-likeness (QED) is 0.773. The zero-order chi connectivity index (χ0) is 13.8. The van der Waals surface area contributed by atoms with E-state index in [4.69, 9.17) is 5.41 Å². The van der Waals surface area contributed by atoms with Crippen molar-refractivity contribution in [1.82, 2.24) is 4.90 Å². The first kappa shape index (κ1) is 14.7. The van der Waals surface area contributed by atoms with Gasteiger partial charge in [0.25, 0.3) is 0 Å². The summed E-state index contributed by atoms with van der Waals surface area (Å²) in [6.45, 7) is 11.0. The van der Waals surface area contributed by atoms with Crippen LogP contribution in [0.1, 0.15) is 41.0 Å². The van der Waals surface area contributed by atoms with Gasteiger partial charge in [-0.1, -0.05) is 52.8 Å². The lowest BCUT2D eigenvalue weighted by atomic mass is 9.87. The number of amidine groups is 1. The molecule has 0 bridgehead atoms. The van der Waals surface area contributed by atoms with E-state index in [1.807, 2.05) is 23.4 Å². The van der Waals surface area contributed by atoms with E-state index in [0.29, 0.717) is 17.7 Å². The first-order valence-corrected chi connectivity index (χ1v) is 6.82. The van der Waals surface area contributed by atoms with E-state index in [-0.39, 0.29) is 5.41 Å².